The number of halogens is 3. The predicted molar refractivity (Wildman–Crippen MR) is 92.4 cm³/mol. The van der Waals surface area contributed by atoms with Crippen molar-refractivity contribution in [2.75, 3.05) is 14.2 Å². The summed E-state index contributed by atoms with van der Waals surface area (Å²) in [5.41, 5.74) is -1.10. The molecule has 3 aromatic rings. The Bertz CT molecular complexity index is 1040. The Balaban J connectivity index is 2.16. The van der Waals surface area contributed by atoms with E-state index in [0.717, 1.165) is 24.5 Å². The zero-order chi connectivity index (χ0) is 20.5. The standard InChI is InChI=1S/C17H12F3N3O4S/c1-26-14(24)10-6-4-3-5-9(10)11-7-13(17(18,19)20)23(22-11)16-21-12(8-28-16)15(25)27-2/h3-8H,1-2H3. The second-order valence-corrected chi connectivity index (χ2v) is 6.21. The van der Waals surface area contributed by atoms with Gasteiger partial charge in [0.1, 0.15) is 0 Å². The molecule has 0 N–H and O–H groups in total. The molecule has 0 unspecified atom stereocenters. The van der Waals surface area contributed by atoms with Gasteiger partial charge >= 0.3 is 18.1 Å². The molecule has 28 heavy (non-hydrogen) atoms. The first-order valence-electron chi connectivity index (χ1n) is 7.65. The Morgan fingerprint density at radius 1 is 1.11 bits per heavy atom. The van der Waals surface area contributed by atoms with Crippen molar-refractivity contribution in [3.8, 4) is 16.4 Å². The first-order chi connectivity index (χ1) is 13.3. The number of esters is 2. The Hall–Kier alpha value is -3.21. The van der Waals surface area contributed by atoms with Gasteiger partial charge in [0.25, 0.3) is 0 Å². The summed E-state index contributed by atoms with van der Waals surface area (Å²) in [5, 5.41) is 5.07. The van der Waals surface area contributed by atoms with Crippen LogP contribution in [0, 0.1) is 0 Å². The number of carbonyl (C=O) groups excluding carboxylic acids is 2. The van der Waals surface area contributed by atoms with Crippen LogP contribution in [-0.2, 0) is 15.7 Å². The van der Waals surface area contributed by atoms with E-state index in [4.69, 9.17) is 0 Å². The lowest BCUT2D eigenvalue weighted by Gasteiger charge is -2.06. The number of hydrogen-bond donors (Lipinski definition) is 0. The number of benzene rings is 1. The van der Waals surface area contributed by atoms with Gasteiger partial charge in [-0.1, -0.05) is 18.2 Å². The fourth-order valence-electron chi connectivity index (χ4n) is 2.41. The minimum atomic E-state index is -4.75. The molecular weight excluding hydrogens is 399 g/mol. The second kappa shape index (κ2) is 7.43. The van der Waals surface area contributed by atoms with E-state index in [1.165, 1.54) is 24.6 Å². The van der Waals surface area contributed by atoms with Gasteiger partial charge in [-0.25, -0.2) is 19.3 Å². The van der Waals surface area contributed by atoms with Crippen LogP contribution < -0.4 is 0 Å². The Morgan fingerprint density at radius 3 is 2.43 bits per heavy atom. The van der Waals surface area contributed by atoms with Crippen LogP contribution in [0.25, 0.3) is 16.4 Å². The lowest BCUT2D eigenvalue weighted by molar-refractivity contribution is -0.142. The van der Waals surface area contributed by atoms with Gasteiger partial charge in [0.05, 0.1) is 25.5 Å². The Kier molecular flexibility index (Phi) is 5.18. The van der Waals surface area contributed by atoms with Crippen molar-refractivity contribution >= 4 is 23.3 Å². The molecule has 0 saturated carbocycles. The van der Waals surface area contributed by atoms with E-state index < -0.39 is 23.8 Å². The van der Waals surface area contributed by atoms with Crippen LogP contribution >= 0.6 is 11.3 Å². The highest BCUT2D eigenvalue weighted by molar-refractivity contribution is 7.12. The number of aromatic nitrogens is 3. The minimum Gasteiger partial charge on any atom is -0.465 e. The zero-order valence-corrected chi connectivity index (χ0v) is 15.3. The summed E-state index contributed by atoms with van der Waals surface area (Å²) in [6.07, 6.45) is -4.75. The third kappa shape index (κ3) is 3.60. The molecule has 0 atom stereocenters. The van der Waals surface area contributed by atoms with Crippen LogP contribution in [0.15, 0.2) is 35.7 Å². The first-order valence-corrected chi connectivity index (χ1v) is 8.53. The topological polar surface area (TPSA) is 83.3 Å². The summed E-state index contributed by atoms with van der Waals surface area (Å²) in [7, 11) is 2.31. The van der Waals surface area contributed by atoms with Crippen molar-refractivity contribution in [2.45, 2.75) is 6.18 Å². The van der Waals surface area contributed by atoms with E-state index >= 15 is 0 Å². The maximum Gasteiger partial charge on any atom is 0.433 e. The molecule has 0 spiro atoms. The summed E-state index contributed by atoms with van der Waals surface area (Å²) in [5.74, 6) is -1.49. The van der Waals surface area contributed by atoms with Crippen molar-refractivity contribution < 1.29 is 32.2 Å². The number of alkyl halides is 3. The maximum atomic E-state index is 13.6. The highest BCUT2D eigenvalue weighted by Crippen LogP contribution is 2.35. The SMILES string of the molecule is COC(=O)c1csc(-n2nc(-c3ccccc3C(=O)OC)cc2C(F)(F)F)n1. The highest BCUT2D eigenvalue weighted by atomic mass is 32.1. The number of methoxy groups -OCH3 is 2. The molecule has 2 heterocycles. The van der Waals surface area contributed by atoms with Crippen molar-refractivity contribution in [1.82, 2.24) is 14.8 Å². The normalized spacial score (nSPS) is 11.3. The summed E-state index contributed by atoms with van der Waals surface area (Å²) in [6.45, 7) is 0. The molecule has 0 radical (unpaired) electrons. The van der Waals surface area contributed by atoms with Crippen LogP contribution in [0.5, 0.6) is 0 Å². The summed E-state index contributed by atoms with van der Waals surface area (Å²) < 4.78 is 50.4. The maximum absolute atomic E-state index is 13.6. The Morgan fingerprint density at radius 2 is 1.79 bits per heavy atom. The number of rotatable bonds is 4. The predicted octanol–water partition coefficient (Wildman–Crippen LogP) is 3.59. The molecule has 7 nitrogen and oxygen atoms in total. The summed E-state index contributed by atoms with van der Waals surface area (Å²) in [6, 6.07) is 6.81. The molecule has 0 fully saturated rings. The minimum absolute atomic E-state index is 0.0674. The first kappa shape index (κ1) is 19.5. The van der Waals surface area contributed by atoms with Crippen LogP contribution in [0.3, 0.4) is 0 Å². The van der Waals surface area contributed by atoms with Crippen LogP contribution in [0.2, 0.25) is 0 Å². The summed E-state index contributed by atoms with van der Waals surface area (Å²) >= 11 is 0.797. The van der Waals surface area contributed by atoms with Crippen molar-refractivity contribution in [3.63, 3.8) is 0 Å². The molecule has 11 heteroatoms. The molecule has 3 rings (SSSR count). The number of ether oxygens (including phenoxy) is 2. The lowest BCUT2D eigenvalue weighted by Crippen LogP contribution is -2.13. The van der Waals surface area contributed by atoms with Crippen LogP contribution in [0.4, 0.5) is 13.2 Å². The van der Waals surface area contributed by atoms with E-state index in [1.54, 1.807) is 12.1 Å². The third-order valence-electron chi connectivity index (χ3n) is 3.68. The van der Waals surface area contributed by atoms with E-state index in [9.17, 15) is 22.8 Å². The van der Waals surface area contributed by atoms with Gasteiger partial charge in [0.15, 0.2) is 11.4 Å². The van der Waals surface area contributed by atoms with E-state index in [2.05, 4.69) is 19.6 Å². The molecule has 2 aromatic heterocycles. The number of thiazole rings is 1. The van der Waals surface area contributed by atoms with Gasteiger partial charge in [0, 0.05) is 10.9 Å². The third-order valence-corrected chi connectivity index (χ3v) is 4.49. The largest absolute Gasteiger partial charge is 0.465 e. The van der Waals surface area contributed by atoms with E-state index in [-0.39, 0.29) is 27.6 Å². The fraction of sp³-hybridized carbons (Fsp3) is 0.176. The second-order valence-electron chi connectivity index (χ2n) is 5.37. The number of hydrogen-bond acceptors (Lipinski definition) is 7. The van der Waals surface area contributed by atoms with Gasteiger partial charge in [-0.3, -0.25) is 0 Å². The molecule has 0 bridgehead atoms. The number of nitrogens with zero attached hydrogens (tertiary/aromatic N) is 3. The zero-order valence-electron chi connectivity index (χ0n) is 14.5. The molecule has 0 saturated heterocycles. The van der Waals surface area contributed by atoms with Gasteiger partial charge in [-0.2, -0.15) is 18.3 Å². The molecular formula is C17H12F3N3O4S. The van der Waals surface area contributed by atoms with Gasteiger partial charge in [0.2, 0.25) is 5.13 Å². The fourth-order valence-corrected chi connectivity index (χ4v) is 3.17. The molecule has 0 amide bonds. The van der Waals surface area contributed by atoms with Crippen LogP contribution in [-0.4, -0.2) is 40.9 Å². The van der Waals surface area contributed by atoms with Crippen molar-refractivity contribution in [1.29, 1.82) is 0 Å². The van der Waals surface area contributed by atoms with E-state index in [1.807, 2.05) is 0 Å². The van der Waals surface area contributed by atoms with Gasteiger partial charge in [-0.15, -0.1) is 11.3 Å². The van der Waals surface area contributed by atoms with Crippen molar-refractivity contribution in [2.24, 2.45) is 0 Å². The monoisotopic (exact) mass is 411 g/mol. The molecule has 0 aliphatic heterocycles. The lowest BCUT2D eigenvalue weighted by atomic mass is 10.0. The summed E-state index contributed by atoms with van der Waals surface area (Å²) in [4.78, 5) is 27.3. The van der Waals surface area contributed by atoms with Crippen molar-refractivity contribution in [3.05, 3.63) is 52.7 Å². The molecule has 0 aliphatic carbocycles. The average molecular weight is 411 g/mol. The molecule has 146 valence electrons. The quantitative estimate of drug-likeness (QED) is 0.610. The van der Waals surface area contributed by atoms with Gasteiger partial charge in [-0.05, 0) is 12.1 Å². The van der Waals surface area contributed by atoms with Gasteiger partial charge < -0.3 is 9.47 Å². The van der Waals surface area contributed by atoms with Crippen LogP contribution in [0.1, 0.15) is 26.5 Å². The Labute approximate surface area is 160 Å². The van der Waals surface area contributed by atoms with E-state index in [0.29, 0.717) is 4.68 Å². The smallest absolute Gasteiger partial charge is 0.433 e. The molecule has 0 aliphatic rings. The molecule has 1 aromatic carbocycles. The average Bonchev–Trinajstić information content (AvgIpc) is 3.33. The highest BCUT2D eigenvalue weighted by Gasteiger charge is 2.37. The number of carbonyl (C=O) groups is 2.